The largest absolute Gasteiger partial charge is 0.296 e. The highest BCUT2D eigenvalue weighted by molar-refractivity contribution is 5.85. The van der Waals surface area contributed by atoms with Gasteiger partial charge in [0, 0.05) is 13.3 Å². The van der Waals surface area contributed by atoms with Crippen molar-refractivity contribution in [2.45, 2.75) is 0 Å². The van der Waals surface area contributed by atoms with Gasteiger partial charge in [-0.15, -0.1) is 0 Å². The number of hydrogen-bond donors (Lipinski definition) is 0. The minimum absolute atomic E-state index is 1.12. The first-order chi connectivity index (χ1) is 5.38. The van der Waals surface area contributed by atoms with E-state index in [-0.39, 0.29) is 0 Å². The maximum Gasteiger partial charge on any atom is 0.0287 e. The van der Waals surface area contributed by atoms with Gasteiger partial charge in [0.05, 0.1) is 0 Å². The van der Waals surface area contributed by atoms with E-state index in [1.165, 1.54) is 0 Å². The maximum absolute atomic E-state index is 3.94. The fourth-order valence-corrected chi connectivity index (χ4v) is 0.953. The molecular weight excluding hydrogens is 134 g/mol. The molecule has 0 saturated heterocycles. The Kier molecular flexibility index (Phi) is 2.61. The highest BCUT2D eigenvalue weighted by Crippen LogP contribution is 2.06. The van der Waals surface area contributed by atoms with E-state index in [9.17, 15) is 0 Å². The molecule has 0 N–H and O–H groups in total. The zero-order valence-corrected chi connectivity index (χ0v) is 6.62. The fourth-order valence-electron chi connectivity index (χ4n) is 0.953. The van der Waals surface area contributed by atoms with Crippen molar-refractivity contribution in [2.75, 3.05) is 7.05 Å². The van der Waals surface area contributed by atoms with Gasteiger partial charge in [-0.1, -0.05) is 36.9 Å². The van der Waals surface area contributed by atoms with Crippen LogP contribution in [-0.4, -0.2) is 13.3 Å². The lowest BCUT2D eigenvalue weighted by atomic mass is 10.1. The molecule has 0 bridgehead atoms. The van der Waals surface area contributed by atoms with Gasteiger partial charge in [-0.2, -0.15) is 0 Å². The molecule has 0 aliphatic rings. The van der Waals surface area contributed by atoms with Crippen LogP contribution < -0.4 is 0 Å². The van der Waals surface area contributed by atoms with Crippen LogP contribution in [0.3, 0.4) is 0 Å². The van der Waals surface area contributed by atoms with Gasteiger partial charge in [-0.05, 0) is 11.1 Å². The molecule has 0 atom stereocenters. The zero-order chi connectivity index (χ0) is 8.10. The number of rotatable bonds is 2. The summed E-state index contributed by atoms with van der Waals surface area (Å²) >= 11 is 0. The fraction of sp³-hybridized carbons (Fsp3) is 0.100. The van der Waals surface area contributed by atoms with E-state index in [4.69, 9.17) is 0 Å². The van der Waals surface area contributed by atoms with E-state index in [0.717, 1.165) is 11.1 Å². The first-order valence-electron chi connectivity index (χ1n) is 3.52. The third kappa shape index (κ3) is 1.77. The van der Waals surface area contributed by atoms with E-state index in [2.05, 4.69) is 11.6 Å². The van der Waals surface area contributed by atoms with Crippen molar-refractivity contribution in [1.29, 1.82) is 0 Å². The molecule has 0 fully saturated rings. The molecule has 0 aromatic heterocycles. The van der Waals surface area contributed by atoms with Gasteiger partial charge in [-0.3, -0.25) is 4.99 Å². The molecule has 56 valence electrons. The van der Waals surface area contributed by atoms with Gasteiger partial charge >= 0.3 is 0 Å². The van der Waals surface area contributed by atoms with Crippen molar-refractivity contribution in [1.82, 2.24) is 0 Å². The van der Waals surface area contributed by atoms with Gasteiger partial charge in [0.1, 0.15) is 0 Å². The van der Waals surface area contributed by atoms with Gasteiger partial charge in [0.15, 0.2) is 0 Å². The predicted molar refractivity (Wildman–Crippen MR) is 50.1 cm³/mol. The SMILES string of the molecule is C=Cc1ccccc1C=NC. The molecule has 1 rings (SSSR count). The van der Waals surface area contributed by atoms with Crippen LogP contribution in [0.2, 0.25) is 0 Å². The van der Waals surface area contributed by atoms with Gasteiger partial charge < -0.3 is 0 Å². The molecule has 0 radical (unpaired) electrons. The summed E-state index contributed by atoms with van der Waals surface area (Å²) in [5, 5.41) is 0. The molecule has 11 heavy (non-hydrogen) atoms. The summed E-state index contributed by atoms with van der Waals surface area (Å²) < 4.78 is 0. The van der Waals surface area contributed by atoms with Crippen LogP contribution in [0, 0.1) is 0 Å². The lowest BCUT2D eigenvalue weighted by Gasteiger charge is -1.96. The first-order valence-corrected chi connectivity index (χ1v) is 3.52. The molecule has 0 spiro atoms. The second-order valence-electron chi connectivity index (χ2n) is 2.22. The minimum atomic E-state index is 1.12. The Labute approximate surface area is 67.1 Å². The lowest BCUT2D eigenvalue weighted by Crippen LogP contribution is -1.84. The zero-order valence-electron chi connectivity index (χ0n) is 6.62. The van der Waals surface area contributed by atoms with Gasteiger partial charge in [-0.25, -0.2) is 0 Å². The topological polar surface area (TPSA) is 12.4 Å². The molecule has 1 heteroatoms. The predicted octanol–water partition coefficient (Wildman–Crippen LogP) is 2.38. The molecular formula is C10H11N. The molecule has 0 aliphatic heterocycles. The molecule has 1 aromatic carbocycles. The average Bonchev–Trinajstić information content (AvgIpc) is 2.06. The Balaban J connectivity index is 3.11. The Hall–Kier alpha value is -1.37. The highest BCUT2D eigenvalue weighted by atomic mass is 14.6. The average molecular weight is 145 g/mol. The van der Waals surface area contributed by atoms with Crippen LogP contribution in [0.5, 0.6) is 0 Å². The van der Waals surface area contributed by atoms with E-state index < -0.39 is 0 Å². The number of nitrogens with zero attached hydrogens (tertiary/aromatic N) is 1. The minimum Gasteiger partial charge on any atom is -0.296 e. The third-order valence-corrected chi connectivity index (χ3v) is 1.48. The highest BCUT2D eigenvalue weighted by Gasteiger charge is 1.91. The normalized spacial score (nSPS) is 10.3. The summed E-state index contributed by atoms with van der Waals surface area (Å²) in [5.41, 5.74) is 2.24. The van der Waals surface area contributed by atoms with Crippen LogP contribution in [0.4, 0.5) is 0 Å². The molecule has 0 amide bonds. The number of aliphatic imine (C=N–C) groups is 1. The molecule has 0 heterocycles. The van der Waals surface area contributed by atoms with Crippen molar-refractivity contribution in [2.24, 2.45) is 4.99 Å². The lowest BCUT2D eigenvalue weighted by molar-refractivity contribution is 1.46. The van der Waals surface area contributed by atoms with Gasteiger partial charge in [0.25, 0.3) is 0 Å². The number of benzene rings is 1. The second-order valence-corrected chi connectivity index (χ2v) is 2.22. The van der Waals surface area contributed by atoms with Crippen molar-refractivity contribution >= 4 is 12.3 Å². The third-order valence-electron chi connectivity index (χ3n) is 1.48. The molecule has 0 aliphatic carbocycles. The van der Waals surface area contributed by atoms with Crippen molar-refractivity contribution in [3.63, 3.8) is 0 Å². The molecule has 1 aromatic rings. The van der Waals surface area contributed by atoms with Gasteiger partial charge in [0.2, 0.25) is 0 Å². The van der Waals surface area contributed by atoms with Crippen LogP contribution in [0.1, 0.15) is 11.1 Å². The summed E-state index contributed by atoms with van der Waals surface area (Å²) in [5.74, 6) is 0. The molecule has 0 saturated carbocycles. The maximum atomic E-state index is 3.94. The number of hydrogen-bond acceptors (Lipinski definition) is 1. The van der Waals surface area contributed by atoms with E-state index in [1.54, 1.807) is 7.05 Å². The van der Waals surface area contributed by atoms with Crippen molar-refractivity contribution in [3.05, 3.63) is 42.0 Å². The Bertz CT molecular complexity index is 274. The quantitative estimate of drug-likeness (QED) is 0.566. The Morgan fingerprint density at radius 1 is 1.27 bits per heavy atom. The summed E-state index contributed by atoms with van der Waals surface area (Å²) in [7, 11) is 1.76. The van der Waals surface area contributed by atoms with Crippen LogP contribution in [0.25, 0.3) is 6.08 Å². The summed E-state index contributed by atoms with van der Waals surface area (Å²) in [6.45, 7) is 3.71. The standard InChI is InChI=1S/C10H11N/c1-3-9-6-4-5-7-10(9)8-11-2/h3-8H,1H2,2H3. The summed E-state index contributed by atoms with van der Waals surface area (Å²) in [6.07, 6.45) is 3.66. The van der Waals surface area contributed by atoms with Crippen LogP contribution >= 0.6 is 0 Å². The molecule has 1 nitrogen and oxygen atoms in total. The van der Waals surface area contributed by atoms with Crippen molar-refractivity contribution < 1.29 is 0 Å². The Morgan fingerprint density at radius 2 is 1.91 bits per heavy atom. The van der Waals surface area contributed by atoms with Crippen LogP contribution in [0.15, 0.2) is 35.8 Å². The van der Waals surface area contributed by atoms with E-state index in [0.29, 0.717) is 0 Å². The van der Waals surface area contributed by atoms with E-state index in [1.807, 2.05) is 36.6 Å². The second kappa shape index (κ2) is 3.71. The van der Waals surface area contributed by atoms with Crippen LogP contribution in [-0.2, 0) is 0 Å². The van der Waals surface area contributed by atoms with Crippen molar-refractivity contribution in [3.8, 4) is 0 Å². The Morgan fingerprint density at radius 3 is 2.45 bits per heavy atom. The van der Waals surface area contributed by atoms with E-state index >= 15 is 0 Å². The smallest absolute Gasteiger partial charge is 0.0287 e. The monoisotopic (exact) mass is 145 g/mol. The summed E-state index contributed by atoms with van der Waals surface area (Å²) in [6, 6.07) is 8.02. The summed E-state index contributed by atoms with van der Waals surface area (Å²) in [4.78, 5) is 3.94. The first kappa shape index (κ1) is 7.73. The molecule has 0 unspecified atom stereocenters.